The smallest absolute Gasteiger partial charge is 0.143 e. The van der Waals surface area contributed by atoms with Crippen LogP contribution in [0.3, 0.4) is 0 Å². The van der Waals surface area contributed by atoms with Gasteiger partial charge in [-0.3, -0.25) is 4.68 Å². The summed E-state index contributed by atoms with van der Waals surface area (Å²) in [7, 11) is 0. The molecule has 0 aliphatic carbocycles. The first-order valence-electron chi connectivity index (χ1n) is 4.91. The van der Waals surface area contributed by atoms with Crippen LogP contribution in [0.25, 0.3) is 0 Å². The topological polar surface area (TPSA) is 53.6 Å². The van der Waals surface area contributed by atoms with Crippen molar-refractivity contribution in [2.75, 3.05) is 0 Å². The number of rotatable bonds is 2. The predicted octanol–water partition coefficient (Wildman–Crippen LogP) is 1.01. The lowest BCUT2D eigenvalue weighted by Crippen LogP contribution is -2.12. The van der Waals surface area contributed by atoms with Crippen LogP contribution in [0.4, 0.5) is 0 Å². The molecular weight excluding hydrogens is 176 g/mol. The third-order valence-corrected chi connectivity index (χ3v) is 2.37. The molecule has 0 spiro atoms. The average molecular weight is 190 g/mol. The van der Waals surface area contributed by atoms with E-state index in [2.05, 4.69) is 30.3 Å². The molecule has 0 saturated heterocycles. The van der Waals surface area contributed by atoms with Crippen molar-refractivity contribution in [3.8, 4) is 6.07 Å². The summed E-state index contributed by atoms with van der Waals surface area (Å²) in [6.45, 7) is 6.68. The Labute approximate surface area is 83.5 Å². The zero-order valence-electron chi connectivity index (χ0n) is 8.54. The minimum absolute atomic E-state index is 0.523. The van der Waals surface area contributed by atoms with Gasteiger partial charge >= 0.3 is 0 Å². The van der Waals surface area contributed by atoms with Crippen LogP contribution in [0.2, 0.25) is 0 Å². The van der Waals surface area contributed by atoms with E-state index in [-0.39, 0.29) is 0 Å². The standard InChI is InChI=1S/C10H14N4/c1-7(2)6-14-10(3-11)8-4-12-5-9(8)13-14/h7,12H,4-6H2,1-2H3. The van der Waals surface area contributed by atoms with E-state index < -0.39 is 0 Å². The Balaban J connectivity index is 2.38. The lowest BCUT2D eigenvalue weighted by molar-refractivity contribution is 0.473. The number of hydrogen-bond acceptors (Lipinski definition) is 3. The zero-order valence-corrected chi connectivity index (χ0v) is 8.54. The van der Waals surface area contributed by atoms with Crippen LogP contribution in [-0.2, 0) is 19.6 Å². The van der Waals surface area contributed by atoms with Crippen LogP contribution in [0.15, 0.2) is 0 Å². The Kier molecular flexibility index (Phi) is 2.26. The predicted molar refractivity (Wildman–Crippen MR) is 52.3 cm³/mol. The van der Waals surface area contributed by atoms with Gasteiger partial charge in [0.05, 0.1) is 5.69 Å². The molecule has 0 amide bonds. The van der Waals surface area contributed by atoms with Gasteiger partial charge in [0.15, 0.2) is 0 Å². The third kappa shape index (κ3) is 1.40. The van der Waals surface area contributed by atoms with E-state index in [0.29, 0.717) is 5.92 Å². The van der Waals surface area contributed by atoms with Gasteiger partial charge in [0.2, 0.25) is 0 Å². The van der Waals surface area contributed by atoms with E-state index in [1.54, 1.807) is 0 Å². The molecule has 0 radical (unpaired) electrons. The number of nitrogens with one attached hydrogen (secondary N) is 1. The van der Waals surface area contributed by atoms with Crippen molar-refractivity contribution < 1.29 is 0 Å². The first-order chi connectivity index (χ1) is 6.72. The van der Waals surface area contributed by atoms with Gasteiger partial charge in [0.1, 0.15) is 11.8 Å². The zero-order chi connectivity index (χ0) is 10.1. The van der Waals surface area contributed by atoms with Gasteiger partial charge in [-0.25, -0.2) is 0 Å². The maximum atomic E-state index is 9.05. The minimum Gasteiger partial charge on any atom is -0.307 e. The molecule has 1 aliphatic rings. The van der Waals surface area contributed by atoms with E-state index in [4.69, 9.17) is 5.26 Å². The molecule has 4 nitrogen and oxygen atoms in total. The number of nitriles is 1. The molecule has 74 valence electrons. The lowest BCUT2D eigenvalue weighted by Gasteiger charge is -2.06. The number of fused-ring (bicyclic) bond motifs is 1. The normalized spacial score (nSPS) is 14.4. The summed E-state index contributed by atoms with van der Waals surface area (Å²) < 4.78 is 1.84. The summed E-state index contributed by atoms with van der Waals surface area (Å²) in [5, 5.41) is 16.7. The molecule has 1 aliphatic heterocycles. The fourth-order valence-electron chi connectivity index (χ4n) is 1.79. The summed E-state index contributed by atoms with van der Waals surface area (Å²) >= 11 is 0. The highest BCUT2D eigenvalue weighted by molar-refractivity contribution is 5.37. The van der Waals surface area contributed by atoms with E-state index >= 15 is 0 Å². The highest BCUT2D eigenvalue weighted by Crippen LogP contribution is 2.19. The van der Waals surface area contributed by atoms with Crippen molar-refractivity contribution in [2.24, 2.45) is 5.92 Å². The Hall–Kier alpha value is -1.34. The maximum absolute atomic E-state index is 9.05. The van der Waals surface area contributed by atoms with Crippen LogP contribution >= 0.6 is 0 Å². The summed E-state index contributed by atoms with van der Waals surface area (Å²) in [6, 6.07) is 2.24. The fourth-order valence-corrected chi connectivity index (χ4v) is 1.79. The Morgan fingerprint density at radius 3 is 3.00 bits per heavy atom. The van der Waals surface area contributed by atoms with Gasteiger partial charge in [-0.15, -0.1) is 0 Å². The van der Waals surface area contributed by atoms with Crippen molar-refractivity contribution in [3.63, 3.8) is 0 Å². The SMILES string of the molecule is CC(C)Cn1nc2c(c1C#N)CNC2. The number of nitrogens with zero attached hydrogens (tertiary/aromatic N) is 3. The molecule has 14 heavy (non-hydrogen) atoms. The quantitative estimate of drug-likeness (QED) is 0.757. The van der Waals surface area contributed by atoms with Gasteiger partial charge in [0.25, 0.3) is 0 Å². The van der Waals surface area contributed by atoms with Crippen LogP contribution < -0.4 is 5.32 Å². The number of aromatic nitrogens is 2. The molecule has 2 heterocycles. The molecule has 0 unspecified atom stereocenters. The van der Waals surface area contributed by atoms with Crippen LogP contribution in [0, 0.1) is 17.2 Å². The van der Waals surface area contributed by atoms with Gasteiger partial charge in [-0.2, -0.15) is 10.4 Å². The van der Waals surface area contributed by atoms with Gasteiger partial charge in [-0.1, -0.05) is 13.8 Å². The molecule has 0 atom stereocenters. The van der Waals surface area contributed by atoms with Crippen molar-refractivity contribution in [3.05, 3.63) is 17.0 Å². The Bertz CT molecular complexity index is 384. The summed E-state index contributed by atoms with van der Waals surface area (Å²) in [4.78, 5) is 0. The van der Waals surface area contributed by atoms with Gasteiger partial charge in [0, 0.05) is 25.2 Å². The molecule has 2 rings (SSSR count). The third-order valence-electron chi connectivity index (χ3n) is 2.37. The molecule has 0 saturated carbocycles. The molecule has 0 fully saturated rings. The molecule has 1 aromatic rings. The van der Waals surface area contributed by atoms with E-state index in [1.807, 2.05) is 4.68 Å². The van der Waals surface area contributed by atoms with Crippen LogP contribution in [0.1, 0.15) is 30.8 Å². The minimum atomic E-state index is 0.523. The second-order valence-corrected chi connectivity index (χ2v) is 4.07. The summed E-state index contributed by atoms with van der Waals surface area (Å²) in [5.74, 6) is 0.523. The highest BCUT2D eigenvalue weighted by atomic mass is 15.3. The lowest BCUT2D eigenvalue weighted by atomic mass is 10.2. The second-order valence-electron chi connectivity index (χ2n) is 4.07. The van der Waals surface area contributed by atoms with Crippen molar-refractivity contribution in [2.45, 2.75) is 33.5 Å². The van der Waals surface area contributed by atoms with E-state index in [9.17, 15) is 0 Å². The monoisotopic (exact) mass is 190 g/mol. The number of hydrogen-bond donors (Lipinski definition) is 1. The van der Waals surface area contributed by atoms with Crippen molar-refractivity contribution in [1.82, 2.24) is 15.1 Å². The van der Waals surface area contributed by atoms with E-state index in [1.165, 1.54) is 0 Å². The van der Waals surface area contributed by atoms with Gasteiger partial charge in [-0.05, 0) is 5.92 Å². The fraction of sp³-hybridized carbons (Fsp3) is 0.600. The van der Waals surface area contributed by atoms with Crippen molar-refractivity contribution in [1.29, 1.82) is 5.26 Å². The molecule has 1 N–H and O–H groups in total. The van der Waals surface area contributed by atoms with Crippen molar-refractivity contribution >= 4 is 0 Å². The second kappa shape index (κ2) is 3.43. The molecule has 0 aromatic carbocycles. The van der Waals surface area contributed by atoms with Gasteiger partial charge < -0.3 is 5.32 Å². The molecular formula is C10H14N4. The maximum Gasteiger partial charge on any atom is 0.143 e. The Morgan fingerprint density at radius 1 is 1.57 bits per heavy atom. The first-order valence-corrected chi connectivity index (χ1v) is 4.91. The highest BCUT2D eigenvalue weighted by Gasteiger charge is 2.21. The first kappa shape index (κ1) is 9.22. The average Bonchev–Trinajstić information content (AvgIpc) is 2.62. The summed E-state index contributed by atoms with van der Waals surface area (Å²) in [5.41, 5.74) is 2.87. The van der Waals surface area contributed by atoms with Crippen LogP contribution in [0.5, 0.6) is 0 Å². The van der Waals surface area contributed by atoms with Crippen LogP contribution in [-0.4, -0.2) is 9.78 Å². The molecule has 1 aromatic heterocycles. The molecule has 0 bridgehead atoms. The Morgan fingerprint density at radius 2 is 2.36 bits per heavy atom. The molecule has 4 heteroatoms. The van der Waals surface area contributed by atoms with E-state index in [0.717, 1.165) is 36.6 Å². The largest absolute Gasteiger partial charge is 0.307 e. The summed E-state index contributed by atoms with van der Waals surface area (Å²) in [6.07, 6.45) is 0.